The lowest BCUT2D eigenvalue weighted by molar-refractivity contribution is 0.122. The molecule has 10 heteroatoms. The van der Waals surface area contributed by atoms with Crippen LogP contribution < -0.4 is 19.7 Å². The lowest BCUT2D eigenvalue weighted by atomic mass is 10.3. The summed E-state index contributed by atoms with van der Waals surface area (Å²) in [6.07, 6.45) is 1.73. The SMILES string of the molecule is CCOc1ccc(S(=O)(=O)Nc2ccc(Nc3cc(N4CCOCC4)cnn3)cc2)cc1. The molecule has 2 heterocycles. The zero-order valence-electron chi connectivity index (χ0n) is 17.7. The van der Waals surface area contributed by atoms with Gasteiger partial charge in [0.1, 0.15) is 5.75 Å². The second kappa shape index (κ2) is 9.84. The van der Waals surface area contributed by atoms with E-state index < -0.39 is 10.0 Å². The molecule has 32 heavy (non-hydrogen) atoms. The molecular formula is C22H25N5O4S. The first-order valence-electron chi connectivity index (χ1n) is 10.3. The minimum absolute atomic E-state index is 0.165. The number of anilines is 4. The Hall–Kier alpha value is -3.37. The Labute approximate surface area is 187 Å². The van der Waals surface area contributed by atoms with Gasteiger partial charge in [-0.3, -0.25) is 4.72 Å². The van der Waals surface area contributed by atoms with Gasteiger partial charge in [-0.05, 0) is 55.5 Å². The van der Waals surface area contributed by atoms with Crippen molar-refractivity contribution >= 4 is 32.9 Å². The number of rotatable bonds is 8. The monoisotopic (exact) mass is 455 g/mol. The molecule has 1 aromatic heterocycles. The zero-order valence-corrected chi connectivity index (χ0v) is 18.5. The van der Waals surface area contributed by atoms with Crippen LogP contribution >= 0.6 is 0 Å². The molecule has 0 radical (unpaired) electrons. The normalized spacial score (nSPS) is 14.1. The molecule has 0 amide bonds. The Morgan fingerprint density at radius 3 is 2.41 bits per heavy atom. The highest BCUT2D eigenvalue weighted by Crippen LogP contribution is 2.23. The Balaban J connectivity index is 1.41. The van der Waals surface area contributed by atoms with Crippen molar-refractivity contribution in [3.8, 4) is 5.75 Å². The number of hydrogen-bond donors (Lipinski definition) is 2. The molecule has 9 nitrogen and oxygen atoms in total. The van der Waals surface area contributed by atoms with Crippen molar-refractivity contribution in [1.29, 1.82) is 0 Å². The summed E-state index contributed by atoms with van der Waals surface area (Å²) in [5.41, 5.74) is 2.20. The molecule has 3 aromatic rings. The van der Waals surface area contributed by atoms with Gasteiger partial charge in [-0.1, -0.05) is 0 Å². The maximum absolute atomic E-state index is 12.6. The van der Waals surface area contributed by atoms with Gasteiger partial charge >= 0.3 is 0 Å². The molecule has 2 aromatic carbocycles. The maximum atomic E-state index is 12.6. The van der Waals surface area contributed by atoms with Gasteiger partial charge in [0.2, 0.25) is 0 Å². The fourth-order valence-corrected chi connectivity index (χ4v) is 4.34. The van der Waals surface area contributed by atoms with Crippen LogP contribution in [0.15, 0.2) is 65.7 Å². The Bertz CT molecular complexity index is 1130. The summed E-state index contributed by atoms with van der Waals surface area (Å²) in [6, 6.07) is 15.2. The van der Waals surface area contributed by atoms with Gasteiger partial charge < -0.3 is 19.7 Å². The van der Waals surface area contributed by atoms with Crippen molar-refractivity contribution in [2.24, 2.45) is 0 Å². The summed E-state index contributed by atoms with van der Waals surface area (Å²) < 4.78 is 38.6. The van der Waals surface area contributed by atoms with Crippen molar-refractivity contribution < 1.29 is 17.9 Å². The van der Waals surface area contributed by atoms with E-state index in [0.29, 0.717) is 37.1 Å². The number of hydrogen-bond acceptors (Lipinski definition) is 8. The lowest BCUT2D eigenvalue weighted by Crippen LogP contribution is -2.36. The van der Waals surface area contributed by atoms with Crippen molar-refractivity contribution in [3.63, 3.8) is 0 Å². The van der Waals surface area contributed by atoms with Crippen molar-refractivity contribution in [3.05, 3.63) is 60.8 Å². The molecular weight excluding hydrogens is 430 g/mol. The predicted molar refractivity (Wildman–Crippen MR) is 123 cm³/mol. The standard InChI is InChI=1S/C22H25N5O4S/c1-2-31-20-7-9-21(10-8-20)32(28,29)26-18-5-3-17(4-6-18)24-22-15-19(16-23-25-22)27-11-13-30-14-12-27/h3-10,15-16,26H,2,11-14H2,1H3,(H,24,25). The fraction of sp³-hybridized carbons (Fsp3) is 0.273. The molecule has 0 spiro atoms. The number of aromatic nitrogens is 2. The summed E-state index contributed by atoms with van der Waals surface area (Å²) in [6.45, 7) is 5.41. The van der Waals surface area contributed by atoms with E-state index in [9.17, 15) is 8.42 Å². The number of nitrogens with zero attached hydrogens (tertiary/aromatic N) is 3. The van der Waals surface area contributed by atoms with Crippen LogP contribution in [0.4, 0.5) is 22.9 Å². The highest BCUT2D eigenvalue weighted by atomic mass is 32.2. The van der Waals surface area contributed by atoms with E-state index >= 15 is 0 Å². The molecule has 0 saturated carbocycles. The zero-order chi connectivity index (χ0) is 22.4. The van der Waals surface area contributed by atoms with Crippen LogP contribution in [0.1, 0.15) is 6.92 Å². The summed E-state index contributed by atoms with van der Waals surface area (Å²) in [7, 11) is -3.70. The minimum Gasteiger partial charge on any atom is -0.494 e. The van der Waals surface area contributed by atoms with E-state index in [1.54, 1.807) is 42.6 Å². The molecule has 168 valence electrons. The first-order chi connectivity index (χ1) is 15.5. The van der Waals surface area contributed by atoms with Gasteiger partial charge in [-0.2, -0.15) is 5.10 Å². The fourth-order valence-electron chi connectivity index (χ4n) is 3.28. The molecule has 0 atom stereocenters. The first-order valence-corrected chi connectivity index (χ1v) is 11.8. The number of benzene rings is 2. The van der Waals surface area contributed by atoms with E-state index in [1.165, 1.54) is 12.1 Å². The third-order valence-electron chi connectivity index (χ3n) is 4.87. The quantitative estimate of drug-likeness (QED) is 0.533. The molecule has 0 bridgehead atoms. The lowest BCUT2D eigenvalue weighted by Gasteiger charge is -2.28. The number of morpholine rings is 1. The second-order valence-corrected chi connectivity index (χ2v) is 8.79. The smallest absolute Gasteiger partial charge is 0.261 e. The van der Waals surface area contributed by atoms with Crippen LogP contribution in [-0.4, -0.2) is 51.5 Å². The van der Waals surface area contributed by atoms with E-state index in [1.807, 2.05) is 13.0 Å². The Morgan fingerprint density at radius 1 is 1.03 bits per heavy atom. The average Bonchev–Trinajstić information content (AvgIpc) is 2.82. The molecule has 4 rings (SSSR count). The van der Waals surface area contributed by atoms with Crippen LogP contribution in [-0.2, 0) is 14.8 Å². The van der Waals surface area contributed by atoms with Gasteiger partial charge in [0.25, 0.3) is 10.0 Å². The summed E-state index contributed by atoms with van der Waals surface area (Å²) in [4.78, 5) is 2.36. The molecule has 1 aliphatic heterocycles. The van der Waals surface area contributed by atoms with Crippen LogP contribution in [0.2, 0.25) is 0 Å². The summed E-state index contributed by atoms with van der Waals surface area (Å²) in [5.74, 6) is 1.24. The third kappa shape index (κ3) is 5.45. The Morgan fingerprint density at radius 2 is 1.72 bits per heavy atom. The minimum atomic E-state index is -3.70. The van der Waals surface area contributed by atoms with E-state index in [-0.39, 0.29) is 4.90 Å². The highest BCUT2D eigenvalue weighted by molar-refractivity contribution is 7.92. The van der Waals surface area contributed by atoms with E-state index in [4.69, 9.17) is 9.47 Å². The molecule has 1 saturated heterocycles. The average molecular weight is 456 g/mol. The van der Waals surface area contributed by atoms with E-state index in [0.717, 1.165) is 24.5 Å². The molecule has 0 unspecified atom stereocenters. The van der Waals surface area contributed by atoms with Crippen molar-refractivity contribution in [1.82, 2.24) is 10.2 Å². The maximum Gasteiger partial charge on any atom is 0.261 e. The van der Waals surface area contributed by atoms with Gasteiger partial charge in [-0.15, -0.1) is 5.10 Å². The van der Waals surface area contributed by atoms with Crippen LogP contribution in [0.25, 0.3) is 0 Å². The van der Waals surface area contributed by atoms with Crippen LogP contribution in [0.5, 0.6) is 5.75 Å². The van der Waals surface area contributed by atoms with Crippen LogP contribution in [0.3, 0.4) is 0 Å². The third-order valence-corrected chi connectivity index (χ3v) is 6.27. The van der Waals surface area contributed by atoms with Crippen LogP contribution in [0, 0.1) is 0 Å². The van der Waals surface area contributed by atoms with Gasteiger partial charge in [0.15, 0.2) is 5.82 Å². The first kappa shape index (κ1) is 21.8. The highest BCUT2D eigenvalue weighted by Gasteiger charge is 2.15. The van der Waals surface area contributed by atoms with E-state index in [2.05, 4.69) is 25.1 Å². The van der Waals surface area contributed by atoms with Gasteiger partial charge in [-0.25, -0.2) is 8.42 Å². The largest absolute Gasteiger partial charge is 0.494 e. The second-order valence-electron chi connectivity index (χ2n) is 7.11. The molecule has 2 N–H and O–H groups in total. The predicted octanol–water partition coefficient (Wildman–Crippen LogP) is 3.26. The topological polar surface area (TPSA) is 106 Å². The number of nitrogens with one attached hydrogen (secondary N) is 2. The molecule has 0 aliphatic carbocycles. The summed E-state index contributed by atoms with van der Waals surface area (Å²) in [5, 5.41) is 11.4. The van der Waals surface area contributed by atoms with Crippen molar-refractivity contribution in [2.75, 3.05) is 47.8 Å². The number of ether oxygens (including phenoxy) is 2. The van der Waals surface area contributed by atoms with Crippen molar-refractivity contribution in [2.45, 2.75) is 11.8 Å². The molecule has 1 aliphatic rings. The summed E-state index contributed by atoms with van der Waals surface area (Å²) >= 11 is 0. The molecule has 1 fully saturated rings. The Kier molecular flexibility index (Phi) is 6.72. The van der Waals surface area contributed by atoms with Gasteiger partial charge in [0, 0.05) is 30.5 Å². The van der Waals surface area contributed by atoms with Gasteiger partial charge in [0.05, 0.1) is 36.6 Å². The number of sulfonamides is 1.